The molecule has 0 bridgehead atoms. The third-order valence-electron chi connectivity index (χ3n) is 3.01. The Labute approximate surface area is 121 Å². The molecule has 0 fully saturated rings. The molecule has 6 heteroatoms. The van der Waals surface area contributed by atoms with Crippen LogP contribution in [0.2, 0.25) is 0 Å². The van der Waals surface area contributed by atoms with Gasteiger partial charge in [0.25, 0.3) is 0 Å². The SMILES string of the molecule is COC(=O)c1cc(C(C)(C)C)n(-c2ccc(F)cc2F)n1. The average Bonchev–Trinajstić information content (AvgIpc) is 2.82. The summed E-state index contributed by atoms with van der Waals surface area (Å²) in [7, 11) is 1.25. The molecule has 1 aromatic heterocycles. The van der Waals surface area contributed by atoms with Gasteiger partial charge in [-0.3, -0.25) is 0 Å². The lowest BCUT2D eigenvalue weighted by Gasteiger charge is -2.20. The van der Waals surface area contributed by atoms with E-state index in [1.165, 1.54) is 17.9 Å². The molecular weight excluding hydrogens is 278 g/mol. The third-order valence-corrected chi connectivity index (χ3v) is 3.01. The molecular formula is C15H16F2N2O2. The van der Waals surface area contributed by atoms with Crippen LogP contribution in [0.3, 0.4) is 0 Å². The number of carbonyl (C=O) groups is 1. The maximum atomic E-state index is 14.0. The fourth-order valence-corrected chi connectivity index (χ4v) is 1.96. The summed E-state index contributed by atoms with van der Waals surface area (Å²) in [4.78, 5) is 11.6. The molecule has 21 heavy (non-hydrogen) atoms. The number of aromatic nitrogens is 2. The summed E-state index contributed by atoms with van der Waals surface area (Å²) in [5.74, 6) is -2.03. The summed E-state index contributed by atoms with van der Waals surface area (Å²) in [6.07, 6.45) is 0. The van der Waals surface area contributed by atoms with E-state index >= 15 is 0 Å². The van der Waals surface area contributed by atoms with E-state index < -0.39 is 17.6 Å². The third kappa shape index (κ3) is 2.94. The number of halogens is 2. The van der Waals surface area contributed by atoms with Crippen LogP contribution in [0.15, 0.2) is 24.3 Å². The second-order valence-electron chi connectivity index (χ2n) is 5.66. The van der Waals surface area contributed by atoms with E-state index in [0.29, 0.717) is 5.69 Å². The Balaban J connectivity index is 2.66. The first-order valence-electron chi connectivity index (χ1n) is 6.38. The molecule has 0 N–H and O–H groups in total. The number of methoxy groups -OCH3 is 1. The lowest BCUT2D eigenvalue weighted by molar-refractivity contribution is 0.0593. The van der Waals surface area contributed by atoms with Crippen molar-refractivity contribution in [3.8, 4) is 5.69 Å². The number of hydrogen-bond acceptors (Lipinski definition) is 3. The number of hydrogen-bond donors (Lipinski definition) is 0. The van der Waals surface area contributed by atoms with Crippen LogP contribution < -0.4 is 0 Å². The van der Waals surface area contributed by atoms with E-state index in [1.807, 2.05) is 20.8 Å². The first-order valence-corrected chi connectivity index (χ1v) is 6.38. The first-order chi connectivity index (χ1) is 9.74. The van der Waals surface area contributed by atoms with Gasteiger partial charge in [0.2, 0.25) is 0 Å². The van der Waals surface area contributed by atoms with Gasteiger partial charge in [-0.1, -0.05) is 20.8 Å². The van der Waals surface area contributed by atoms with Gasteiger partial charge in [-0.25, -0.2) is 18.3 Å². The van der Waals surface area contributed by atoms with Crippen LogP contribution in [0.1, 0.15) is 37.0 Å². The van der Waals surface area contributed by atoms with Crippen molar-refractivity contribution >= 4 is 5.97 Å². The summed E-state index contributed by atoms with van der Waals surface area (Å²) in [6.45, 7) is 5.72. The molecule has 0 unspecified atom stereocenters. The van der Waals surface area contributed by atoms with E-state index in [9.17, 15) is 13.6 Å². The van der Waals surface area contributed by atoms with Crippen molar-refractivity contribution in [3.63, 3.8) is 0 Å². The molecule has 112 valence electrons. The molecule has 1 heterocycles. The molecule has 2 rings (SSSR count). The maximum absolute atomic E-state index is 14.0. The molecule has 2 aromatic rings. The molecule has 0 aliphatic carbocycles. The Hall–Kier alpha value is -2.24. The fourth-order valence-electron chi connectivity index (χ4n) is 1.96. The van der Waals surface area contributed by atoms with Gasteiger partial charge >= 0.3 is 5.97 Å². The highest BCUT2D eigenvalue weighted by Gasteiger charge is 2.25. The predicted molar refractivity (Wildman–Crippen MR) is 73.5 cm³/mol. The zero-order valence-corrected chi connectivity index (χ0v) is 12.3. The van der Waals surface area contributed by atoms with E-state index in [1.54, 1.807) is 6.07 Å². The Kier molecular flexibility index (Phi) is 3.80. The lowest BCUT2D eigenvalue weighted by atomic mass is 9.91. The van der Waals surface area contributed by atoms with Crippen molar-refractivity contribution in [1.29, 1.82) is 0 Å². The van der Waals surface area contributed by atoms with Crippen LogP contribution in [0.4, 0.5) is 8.78 Å². The summed E-state index contributed by atoms with van der Waals surface area (Å²) in [5, 5.41) is 4.09. The van der Waals surface area contributed by atoms with E-state index in [4.69, 9.17) is 0 Å². The normalized spacial score (nSPS) is 11.5. The van der Waals surface area contributed by atoms with Crippen molar-refractivity contribution in [1.82, 2.24) is 9.78 Å². The number of carbonyl (C=O) groups excluding carboxylic acids is 1. The standard InChI is InChI=1S/C15H16F2N2O2/c1-15(2,3)13-8-11(14(20)21-4)18-19(13)12-6-5-9(16)7-10(12)17/h5-8H,1-4H3. The van der Waals surface area contributed by atoms with Crippen LogP contribution in [-0.2, 0) is 10.2 Å². The molecule has 0 amide bonds. The molecule has 0 aliphatic rings. The van der Waals surface area contributed by atoms with Gasteiger partial charge < -0.3 is 4.74 Å². The molecule has 4 nitrogen and oxygen atoms in total. The maximum Gasteiger partial charge on any atom is 0.358 e. The van der Waals surface area contributed by atoms with Gasteiger partial charge in [-0.2, -0.15) is 5.10 Å². The molecule has 0 atom stereocenters. The van der Waals surface area contributed by atoms with Crippen molar-refractivity contribution in [2.75, 3.05) is 7.11 Å². The van der Waals surface area contributed by atoms with Gasteiger partial charge in [0, 0.05) is 11.5 Å². The highest BCUT2D eigenvalue weighted by Crippen LogP contribution is 2.27. The summed E-state index contributed by atoms with van der Waals surface area (Å²) in [5.41, 5.74) is 0.385. The number of nitrogens with zero attached hydrogens (tertiary/aromatic N) is 2. The quantitative estimate of drug-likeness (QED) is 0.799. The molecule has 1 aromatic carbocycles. The number of rotatable bonds is 2. The Morgan fingerprint density at radius 2 is 1.90 bits per heavy atom. The van der Waals surface area contributed by atoms with E-state index in [-0.39, 0.29) is 16.8 Å². The van der Waals surface area contributed by atoms with Crippen molar-refractivity contribution in [3.05, 3.63) is 47.3 Å². The minimum Gasteiger partial charge on any atom is -0.464 e. The van der Waals surface area contributed by atoms with Crippen LogP contribution in [0.5, 0.6) is 0 Å². The molecule has 0 saturated carbocycles. The second-order valence-corrected chi connectivity index (χ2v) is 5.66. The number of benzene rings is 1. The van der Waals surface area contributed by atoms with Gasteiger partial charge in [-0.15, -0.1) is 0 Å². The monoisotopic (exact) mass is 294 g/mol. The van der Waals surface area contributed by atoms with Gasteiger partial charge in [0.1, 0.15) is 11.5 Å². The smallest absolute Gasteiger partial charge is 0.358 e. The van der Waals surface area contributed by atoms with Crippen LogP contribution in [0.25, 0.3) is 5.69 Å². The van der Waals surface area contributed by atoms with Crippen molar-refractivity contribution < 1.29 is 18.3 Å². The first kappa shape index (κ1) is 15.2. The molecule has 0 saturated heterocycles. The zero-order valence-electron chi connectivity index (χ0n) is 12.3. The summed E-state index contributed by atoms with van der Waals surface area (Å²) in [6, 6.07) is 4.76. The largest absolute Gasteiger partial charge is 0.464 e. The lowest BCUT2D eigenvalue weighted by Crippen LogP contribution is -2.18. The number of ether oxygens (including phenoxy) is 1. The van der Waals surface area contributed by atoms with E-state index in [0.717, 1.165) is 12.1 Å². The molecule has 0 spiro atoms. The highest BCUT2D eigenvalue weighted by molar-refractivity contribution is 5.87. The Morgan fingerprint density at radius 1 is 1.24 bits per heavy atom. The number of esters is 1. The topological polar surface area (TPSA) is 44.1 Å². The van der Waals surface area contributed by atoms with Crippen LogP contribution in [-0.4, -0.2) is 22.9 Å². The zero-order chi connectivity index (χ0) is 15.8. The van der Waals surface area contributed by atoms with Crippen molar-refractivity contribution in [2.45, 2.75) is 26.2 Å². The minimum atomic E-state index is -0.750. The highest BCUT2D eigenvalue weighted by atomic mass is 19.1. The van der Waals surface area contributed by atoms with Crippen molar-refractivity contribution in [2.24, 2.45) is 0 Å². The van der Waals surface area contributed by atoms with Crippen LogP contribution >= 0.6 is 0 Å². The minimum absolute atomic E-state index is 0.0751. The molecule has 0 radical (unpaired) electrons. The fraction of sp³-hybridized carbons (Fsp3) is 0.333. The Bertz CT molecular complexity index is 687. The van der Waals surface area contributed by atoms with Gasteiger partial charge in [0.05, 0.1) is 12.8 Å². The van der Waals surface area contributed by atoms with E-state index in [2.05, 4.69) is 9.84 Å². The van der Waals surface area contributed by atoms with Gasteiger partial charge in [0.15, 0.2) is 11.5 Å². The average molecular weight is 294 g/mol. The predicted octanol–water partition coefficient (Wildman–Crippen LogP) is 3.23. The molecule has 0 aliphatic heterocycles. The second kappa shape index (κ2) is 5.27. The Morgan fingerprint density at radius 3 is 2.43 bits per heavy atom. The van der Waals surface area contributed by atoms with Gasteiger partial charge in [-0.05, 0) is 18.2 Å². The summed E-state index contributed by atoms with van der Waals surface area (Å²) < 4.78 is 33.0. The summed E-state index contributed by atoms with van der Waals surface area (Å²) >= 11 is 0. The van der Waals surface area contributed by atoms with Crippen LogP contribution in [0, 0.1) is 11.6 Å².